The van der Waals surface area contributed by atoms with Gasteiger partial charge < -0.3 is 16.4 Å². The predicted octanol–water partition coefficient (Wildman–Crippen LogP) is 2.27. The molecular formula is C19H20N6O5. The lowest BCUT2D eigenvalue weighted by Gasteiger charge is -2.07. The summed E-state index contributed by atoms with van der Waals surface area (Å²) >= 11 is 0. The van der Waals surface area contributed by atoms with Crippen molar-refractivity contribution in [1.29, 1.82) is 0 Å². The Labute approximate surface area is 171 Å². The minimum Gasteiger partial charge on any atom is -0.399 e. The van der Waals surface area contributed by atoms with Gasteiger partial charge in [-0.1, -0.05) is 0 Å². The minimum absolute atomic E-state index is 0.0260. The molecule has 0 saturated heterocycles. The second-order valence-corrected chi connectivity index (χ2v) is 6.34. The Balaban J connectivity index is 1.93. The molecule has 0 radical (unpaired) electrons. The third kappa shape index (κ3) is 6.71. The maximum atomic E-state index is 12.1. The molecule has 0 aliphatic heterocycles. The smallest absolute Gasteiger partial charge is 0.272 e. The van der Waals surface area contributed by atoms with E-state index in [9.17, 15) is 24.5 Å². The molecule has 5 N–H and O–H groups in total. The van der Waals surface area contributed by atoms with Crippen LogP contribution in [-0.2, 0) is 9.59 Å². The number of nitrogens with two attached hydrogens (primary N) is 1. The highest BCUT2D eigenvalue weighted by molar-refractivity contribution is 6.06. The van der Waals surface area contributed by atoms with Crippen LogP contribution < -0.4 is 21.8 Å². The maximum Gasteiger partial charge on any atom is 0.272 e. The number of hydrazone groups is 1. The number of non-ortho nitro benzene ring substituents is 1. The number of amides is 3. The largest absolute Gasteiger partial charge is 0.399 e. The topological polar surface area (TPSA) is 169 Å². The quantitative estimate of drug-likeness (QED) is 0.235. The lowest BCUT2D eigenvalue weighted by Crippen LogP contribution is -2.21. The van der Waals surface area contributed by atoms with E-state index in [0.717, 1.165) is 12.1 Å². The highest BCUT2D eigenvalue weighted by atomic mass is 16.6. The zero-order chi connectivity index (χ0) is 22.3. The van der Waals surface area contributed by atoms with Crippen molar-refractivity contribution in [2.45, 2.75) is 20.3 Å². The Hall–Kier alpha value is -4.28. The number of hydrogen-bond donors (Lipinski definition) is 4. The van der Waals surface area contributed by atoms with Gasteiger partial charge in [-0.3, -0.25) is 24.5 Å². The molecule has 0 bridgehead atoms. The summed E-state index contributed by atoms with van der Waals surface area (Å²) in [5.74, 6) is -1.26. The first-order valence-corrected chi connectivity index (χ1v) is 8.70. The summed E-state index contributed by atoms with van der Waals surface area (Å²) in [6.07, 6.45) is -0.0925. The van der Waals surface area contributed by atoms with E-state index >= 15 is 0 Å². The van der Waals surface area contributed by atoms with Crippen LogP contribution in [0.1, 0.15) is 30.6 Å². The monoisotopic (exact) mass is 412 g/mol. The molecule has 156 valence electrons. The fourth-order valence-corrected chi connectivity index (χ4v) is 2.40. The van der Waals surface area contributed by atoms with Gasteiger partial charge in [-0.15, -0.1) is 0 Å². The number of anilines is 3. The Morgan fingerprint density at radius 1 is 1.03 bits per heavy atom. The normalized spacial score (nSPS) is 10.8. The van der Waals surface area contributed by atoms with Crippen molar-refractivity contribution in [3.05, 3.63) is 58.1 Å². The van der Waals surface area contributed by atoms with Crippen LogP contribution in [0.4, 0.5) is 22.7 Å². The average Bonchev–Trinajstić information content (AvgIpc) is 2.66. The summed E-state index contributed by atoms with van der Waals surface area (Å²) in [5.41, 5.74) is 8.97. The van der Waals surface area contributed by atoms with Crippen LogP contribution in [0.15, 0.2) is 47.6 Å². The van der Waals surface area contributed by atoms with E-state index in [0.29, 0.717) is 17.1 Å². The Bertz CT molecular complexity index is 1020. The van der Waals surface area contributed by atoms with Crippen molar-refractivity contribution in [2.75, 3.05) is 16.4 Å². The first-order chi connectivity index (χ1) is 14.1. The van der Waals surface area contributed by atoms with E-state index in [4.69, 9.17) is 5.73 Å². The fourth-order valence-electron chi connectivity index (χ4n) is 2.40. The first kappa shape index (κ1) is 22.0. The number of benzene rings is 2. The molecule has 0 fully saturated rings. The van der Waals surface area contributed by atoms with E-state index in [1.54, 1.807) is 31.2 Å². The molecule has 0 aliphatic rings. The van der Waals surface area contributed by atoms with E-state index in [2.05, 4.69) is 21.2 Å². The number of nitro groups is 1. The van der Waals surface area contributed by atoms with Crippen molar-refractivity contribution >= 4 is 46.2 Å². The van der Waals surface area contributed by atoms with Gasteiger partial charge in [0.2, 0.25) is 11.8 Å². The molecule has 0 saturated carbocycles. The van der Waals surface area contributed by atoms with Crippen LogP contribution in [0.5, 0.6) is 0 Å². The van der Waals surface area contributed by atoms with Gasteiger partial charge in [0, 0.05) is 41.8 Å². The molecule has 0 aromatic heterocycles. The van der Waals surface area contributed by atoms with Gasteiger partial charge >= 0.3 is 0 Å². The summed E-state index contributed by atoms with van der Waals surface area (Å²) in [6.45, 7) is 2.94. The Kier molecular flexibility index (Phi) is 7.17. The minimum atomic E-state index is -0.696. The second kappa shape index (κ2) is 9.78. The number of nitro benzene ring substituents is 1. The van der Waals surface area contributed by atoms with E-state index in [1.807, 2.05) is 0 Å². The Morgan fingerprint density at radius 2 is 1.63 bits per heavy atom. The summed E-state index contributed by atoms with van der Waals surface area (Å²) in [7, 11) is 0. The van der Waals surface area contributed by atoms with Gasteiger partial charge in [0.25, 0.3) is 11.6 Å². The number of nitrogens with zero attached hydrogens (tertiary/aromatic N) is 2. The van der Waals surface area contributed by atoms with Crippen molar-refractivity contribution in [3.63, 3.8) is 0 Å². The summed E-state index contributed by atoms with van der Waals surface area (Å²) in [5, 5.41) is 20.0. The zero-order valence-electron chi connectivity index (χ0n) is 16.3. The lowest BCUT2D eigenvalue weighted by molar-refractivity contribution is -0.384. The molecule has 2 aromatic rings. The van der Waals surface area contributed by atoms with Crippen LogP contribution in [0.25, 0.3) is 0 Å². The molecular weight excluding hydrogens is 392 g/mol. The van der Waals surface area contributed by atoms with Crippen LogP contribution in [0, 0.1) is 10.1 Å². The van der Waals surface area contributed by atoms with E-state index in [1.165, 1.54) is 13.0 Å². The maximum absolute atomic E-state index is 12.1. The molecule has 30 heavy (non-hydrogen) atoms. The standard InChI is InChI=1S/C19H20N6O5/c1-11(7-18(27)22-16-5-3-15(4-6-16)21-12(2)26)23-24-19(28)13-8-14(20)10-17(9-13)25(29)30/h3-6,8-10H,7,20H2,1-2H3,(H,21,26)(H,22,27)(H,24,28)/b23-11+. The third-order valence-corrected chi connectivity index (χ3v) is 3.67. The summed E-state index contributed by atoms with van der Waals surface area (Å²) in [6, 6.07) is 10.0. The van der Waals surface area contributed by atoms with E-state index in [-0.39, 0.29) is 35.2 Å². The van der Waals surface area contributed by atoms with Crippen molar-refractivity contribution in [1.82, 2.24) is 5.43 Å². The first-order valence-electron chi connectivity index (χ1n) is 8.70. The molecule has 0 aliphatic carbocycles. The van der Waals surface area contributed by atoms with Crippen molar-refractivity contribution < 1.29 is 19.3 Å². The van der Waals surface area contributed by atoms with E-state index < -0.39 is 10.8 Å². The highest BCUT2D eigenvalue weighted by Gasteiger charge is 2.14. The van der Waals surface area contributed by atoms with Crippen LogP contribution in [-0.4, -0.2) is 28.4 Å². The molecule has 0 heterocycles. The van der Waals surface area contributed by atoms with Gasteiger partial charge in [-0.25, -0.2) is 5.43 Å². The van der Waals surface area contributed by atoms with Gasteiger partial charge in [-0.2, -0.15) is 5.10 Å². The summed E-state index contributed by atoms with van der Waals surface area (Å²) < 4.78 is 0. The van der Waals surface area contributed by atoms with Gasteiger partial charge in [0.05, 0.1) is 16.9 Å². The number of carbonyl (C=O) groups excluding carboxylic acids is 3. The molecule has 2 rings (SSSR count). The molecule has 11 heteroatoms. The molecule has 11 nitrogen and oxygen atoms in total. The zero-order valence-corrected chi connectivity index (χ0v) is 16.3. The van der Waals surface area contributed by atoms with Crippen molar-refractivity contribution in [2.24, 2.45) is 5.10 Å². The summed E-state index contributed by atoms with van der Waals surface area (Å²) in [4.78, 5) is 45.4. The van der Waals surface area contributed by atoms with Crippen LogP contribution in [0.3, 0.4) is 0 Å². The number of rotatable bonds is 7. The predicted molar refractivity (Wildman–Crippen MR) is 112 cm³/mol. The number of nitrogen functional groups attached to an aromatic ring is 1. The lowest BCUT2D eigenvalue weighted by atomic mass is 10.1. The van der Waals surface area contributed by atoms with Gasteiger partial charge in [0.1, 0.15) is 0 Å². The van der Waals surface area contributed by atoms with Gasteiger partial charge in [-0.05, 0) is 37.3 Å². The third-order valence-electron chi connectivity index (χ3n) is 3.67. The SMILES string of the molecule is CC(=O)Nc1ccc(NC(=O)C/C(C)=N/NC(=O)c2cc(N)cc([N+](=O)[O-])c2)cc1. The molecule has 2 aromatic carbocycles. The van der Waals surface area contributed by atoms with Crippen molar-refractivity contribution in [3.8, 4) is 0 Å². The number of hydrogen-bond acceptors (Lipinski definition) is 7. The van der Waals surface area contributed by atoms with Crippen LogP contribution >= 0.6 is 0 Å². The average molecular weight is 412 g/mol. The molecule has 0 spiro atoms. The van der Waals surface area contributed by atoms with Crippen LogP contribution in [0.2, 0.25) is 0 Å². The Morgan fingerprint density at radius 3 is 2.20 bits per heavy atom. The molecule has 0 unspecified atom stereocenters. The highest BCUT2D eigenvalue weighted by Crippen LogP contribution is 2.18. The molecule has 3 amide bonds. The molecule has 0 atom stereocenters. The second-order valence-electron chi connectivity index (χ2n) is 6.34. The fraction of sp³-hybridized carbons (Fsp3) is 0.158. The van der Waals surface area contributed by atoms with Gasteiger partial charge in [0.15, 0.2) is 0 Å². The number of carbonyl (C=O) groups is 3. The number of nitrogens with one attached hydrogen (secondary N) is 3.